The van der Waals surface area contributed by atoms with E-state index in [1.807, 2.05) is 6.07 Å². The fourth-order valence-electron chi connectivity index (χ4n) is 1.63. The van der Waals surface area contributed by atoms with Gasteiger partial charge in [-0.3, -0.25) is 4.79 Å². The van der Waals surface area contributed by atoms with Gasteiger partial charge in [0.1, 0.15) is 12.4 Å². The molecular formula is C15H12BrF2NO2. The average molecular weight is 356 g/mol. The molecule has 2 rings (SSSR count). The first-order valence-electron chi connectivity index (χ1n) is 6.18. The third kappa shape index (κ3) is 4.53. The van der Waals surface area contributed by atoms with E-state index < -0.39 is 11.6 Å². The second-order valence-electron chi connectivity index (χ2n) is 4.19. The Balaban J connectivity index is 1.79. The first-order valence-corrected chi connectivity index (χ1v) is 6.97. The summed E-state index contributed by atoms with van der Waals surface area (Å²) < 4.78 is 31.7. The van der Waals surface area contributed by atoms with Crippen LogP contribution in [0.15, 0.2) is 46.9 Å². The molecule has 6 heteroatoms. The van der Waals surface area contributed by atoms with Crippen LogP contribution in [0.3, 0.4) is 0 Å². The van der Waals surface area contributed by atoms with Gasteiger partial charge >= 0.3 is 0 Å². The van der Waals surface area contributed by atoms with E-state index in [2.05, 4.69) is 21.2 Å². The SMILES string of the molecule is O=C(NCCOc1ccc(F)c(F)c1)c1cccc(Br)c1. The van der Waals surface area contributed by atoms with Crippen molar-refractivity contribution in [2.75, 3.05) is 13.2 Å². The summed E-state index contributed by atoms with van der Waals surface area (Å²) >= 11 is 3.28. The first-order chi connectivity index (χ1) is 10.1. The lowest BCUT2D eigenvalue weighted by atomic mass is 10.2. The summed E-state index contributed by atoms with van der Waals surface area (Å²) in [6, 6.07) is 10.3. The lowest BCUT2D eigenvalue weighted by Crippen LogP contribution is -2.28. The highest BCUT2D eigenvalue weighted by atomic mass is 79.9. The molecule has 2 aromatic carbocycles. The normalized spacial score (nSPS) is 10.2. The third-order valence-electron chi connectivity index (χ3n) is 2.63. The number of nitrogens with one attached hydrogen (secondary N) is 1. The molecule has 0 aliphatic heterocycles. The molecule has 0 aromatic heterocycles. The van der Waals surface area contributed by atoms with Gasteiger partial charge in [0, 0.05) is 16.1 Å². The van der Waals surface area contributed by atoms with Crippen molar-refractivity contribution in [1.82, 2.24) is 5.32 Å². The summed E-state index contributed by atoms with van der Waals surface area (Å²) in [6.45, 7) is 0.412. The number of hydrogen-bond acceptors (Lipinski definition) is 2. The second-order valence-corrected chi connectivity index (χ2v) is 5.11. The molecule has 0 bridgehead atoms. The fourth-order valence-corrected chi connectivity index (χ4v) is 2.03. The van der Waals surface area contributed by atoms with Crippen LogP contribution in [0, 0.1) is 11.6 Å². The minimum atomic E-state index is -0.967. The van der Waals surface area contributed by atoms with E-state index in [9.17, 15) is 13.6 Å². The number of carbonyl (C=O) groups is 1. The minimum Gasteiger partial charge on any atom is -0.492 e. The molecule has 1 amide bonds. The molecule has 3 nitrogen and oxygen atoms in total. The smallest absolute Gasteiger partial charge is 0.251 e. The van der Waals surface area contributed by atoms with Crippen molar-refractivity contribution in [1.29, 1.82) is 0 Å². The van der Waals surface area contributed by atoms with Crippen LogP contribution in [0.5, 0.6) is 5.75 Å². The molecule has 0 aliphatic carbocycles. The molecule has 0 radical (unpaired) electrons. The maximum absolute atomic E-state index is 12.9. The predicted molar refractivity (Wildman–Crippen MR) is 78.3 cm³/mol. The molecule has 2 aromatic rings. The van der Waals surface area contributed by atoms with E-state index in [1.54, 1.807) is 18.2 Å². The molecule has 0 atom stereocenters. The van der Waals surface area contributed by atoms with Crippen LogP contribution in [-0.4, -0.2) is 19.1 Å². The maximum atomic E-state index is 12.9. The highest BCUT2D eigenvalue weighted by molar-refractivity contribution is 9.10. The van der Waals surface area contributed by atoms with Crippen molar-refractivity contribution < 1.29 is 18.3 Å². The van der Waals surface area contributed by atoms with Gasteiger partial charge in [0.25, 0.3) is 5.91 Å². The Morgan fingerprint density at radius 2 is 1.95 bits per heavy atom. The number of hydrogen-bond donors (Lipinski definition) is 1. The number of carbonyl (C=O) groups excluding carboxylic acids is 1. The van der Waals surface area contributed by atoms with Crippen LogP contribution in [0.2, 0.25) is 0 Å². The van der Waals surface area contributed by atoms with Crippen molar-refractivity contribution in [3.63, 3.8) is 0 Å². The lowest BCUT2D eigenvalue weighted by molar-refractivity contribution is 0.0947. The zero-order valence-corrected chi connectivity index (χ0v) is 12.5. The van der Waals surface area contributed by atoms with Crippen molar-refractivity contribution >= 4 is 21.8 Å². The van der Waals surface area contributed by atoms with Crippen LogP contribution in [0.1, 0.15) is 10.4 Å². The van der Waals surface area contributed by atoms with Crippen LogP contribution >= 0.6 is 15.9 Å². The van der Waals surface area contributed by atoms with E-state index in [1.165, 1.54) is 6.07 Å². The molecule has 1 N–H and O–H groups in total. The number of rotatable bonds is 5. The van der Waals surface area contributed by atoms with Gasteiger partial charge in [0.15, 0.2) is 11.6 Å². The van der Waals surface area contributed by atoms with E-state index in [4.69, 9.17) is 4.74 Å². The van der Waals surface area contributed by atoms with Gasteiger partial charge in [0.2, 0.25) is 0 Å². The van der Waals surface area contributed by atoms with Gasteiger partial charge in [-0.15, -0.1) is 0 Å². The van der Waals surface area contributed by atoms with Crippen LogP contribution < -0.4 is 10.1 Å². The fraction of sp³-hybridized carbons (Fsp3) is 0.133. The second kappa shape index (κ2) is 7.17. The van der Waals surface area contributed by atoms with Crippen molar-refractivity contribution in [2.24, 2.45) is 0 Å². The summed E-state index contributed by atoms with van der Waals surface area (Å²) in [5.74, 6) is -1.91. The third-order valence-corrected chi connectivity index (χ3v) is 3.13. The molecule has 110 valence electrons. The van der Waals surface area contributed by atoms with Crippen molar-refractivity contribution in [3.8, 4) is 5.75 Å². The quantitative estimate of drug-likeness (QED) is 0.833. The van der Waals surface area contributed by atoms with Crippen molar-refractivity contribution in [3.05, 3.63) is 64.1 Å². The minimum absolute atomic E-state index is 0.158. The number of benzene rings is 2. The van der Waals surface area contributed by atoms with E-state index in [0.717, 1.165) is 16.6 Å². The highest BCUT2D eigenvalue weighted by Gasteiger charge is 2.06. The van der Waals surface area contributed by atoms with Crippen LogP contribution in [0.25, 0.3) is 0 Å². The average Bonchev–Trinajstić information content (AvgIpc) is 2.47. The van der Waals surface area contributed by atoms with Gasteiger partial charge in [-0.05, 0) is 30.3 Å². The van der Waals surface area contributed by atoms with Gasteiger partial charge in [-0.2, -0.15) is 0 Å². The van der Waals surface area contributed by atoms with Gasteiger partial charge in [-0.1, -0.05) is 22.0 Å². The number of ether oxygens (including phenoxy) is 1. The number of amides is 1. The Morgan fingerprint density at radius 3 is 2.67 bits per heavy atom. The Morgan fingerprint density at radius 1 is 1.14 bits per heavy atom. The number of halogens is 3. The first kappa shape index (κ1) is 15.4. The Hall–Kier alpha value is -1.95. The molecule has 0 heterocycles. The topological polar surface area (TPSA) is 38.3 Å². The summed E-state index contributed by atoms with van der Waals surface area (Å²) in [7, 11) is 0. The van der Waals surface area contributed by atoms with E-state index in [-0.39, 0.29) is 24.8 Å². The Kier molecular flexibility index (Phi) is 5.27. The van der Waals surface area contributed by atoms with Gasteiger partial charge < -0.3 is 10.1 Å². The molecule has 21 heavy (non-hydrogen) atoms. The van der Waals surface area contributed by atoms with Crippen LogP contribution in [-0.2, 0) is 0 Å². The van der Waals surface area contributed by atoms with Gasteiger partial charge in [-0.25, -0.2) is 8.78 Å². The molecule has 0 fully saturated rings. The molecule has 0 unspecified atom stereocenters. The van der Waals surface area contributed by atoms with Crippen molar-refractivity contribution in [2.45, 2.75) is 0 Å². The molecule has 0 saturated carbocycles. The highest BCUT2D eigenvalue weighted by Crippen LogP contribution is 2.15. The Bertz CT molecular complexity index is 649. The van der Waals surface area contributed by atoms with Gasteiger partial charge in [0.05, 0.1) is 6.54 Å². The predicted octanol–water partition coefficient (Wildman–Crippen LogP) is 3.54. The van der Waals surface area contributed by atoms with E-state index >= 15 is 0 Å². The molecule has 0 saturated heterocycles. The summed E-state index contributed by atoms with van der Waals surface area (Å²) in [5, 5.41) is 2.67. The molecule has 0 aliphatic rings. The van der Waals surface area contributed by atoms with E-state index in [0.29, 0.717) is 5.56 Å². The summed E-state index contributed by atoms with van der Waals surface area (Å²) in [6.07, 6.45) is 0. The largest absolute Gasteiger partial charge is 0.492 e. The monoisotopic (exact) mass is 355 g/mol. The summed E-state index contributed by atoms with van der Waals surface area (Å²) in [5.41, 5.74) is 0.525. The maximum Gasteiger partial charge on any atom is 0.251 e. The zero-order chi connectivity index (χ0) is 15.2. The lowest BCUT2D eigenvalue weighted by Gasteiger charge is -2.08. The zero-order valence-electron chi connectivity index (χ0n) is 10.9. The molecular weight excluding hydrogens is 344 g/mol. The standard InChI is InChI=1S/C15H12BrF2NO2/c16-11-3-1-2-10(8-11)15(20)19-6-7-21-12-4-5-13(17)14(18)9-12/h1-5,8-9H,6-7H2,(H,19,20). The summed E-state index contributed by atoms with van der Waals surface area (Å²) in [4.78, 5) is 11.8. The Labute approximate surface area is 129 Å². The molecule has 0 spiro atoms. The van der Waals surface area contributed by atoms with Crippen LogP contribution in [0.4, 0.5) is 8.78 Å².